The average molecular weight is 448 g/mol. The molecule has 0 saturated carbocycles. The number of nitrogens with one attached hydrogen (secondary N) is 1. The quantitative estimate of drug-likeness (QED) is 0.609. The summed E-state index contributed by atoms with van der Waals surface area (Å²) in [6, 6.07) is 12.5. The number of anilines is 1. The van der Waals surface area contributed by atoms with Gasteiger partial charge in [-0.2, -0.15) is 5.10 Å². The first kappa shape index (κ1) is 22.6. The molecule has 1 atom stereocenters. The highest BCUT2D eigenvalue weighted by Crippen LogP contribution is 2.31. The zero-order valence-electron chi connectivity index (χ0n) is 19.5. The van der Waals surface area contributed by atoms with Crippen molar-refractivity contribution in [3.63, 3.8) is 0 Å². The van der Waals surface area contributed by atoms with E-state index in [1.165, 1.54) is 11.8 Å². The normalized spacial score (nSPS) is 13.7. The Morgan fingerprint density at radius 2 is 1.73 bits per heavy atom. The monoisotopic (exact) mass is 447 g/mol. The predicted molar refractivity (Wildman–Crippen MR) is 128 cm³/mol. The van der Waals surface area contributed by atoms with E-state index in [-0.39, 0.29) is 11.5 Å². The molecule has 0 spiro atoms. The van der Waals surface area contributed by atoms with Crippen LogP contribution in [0, 0.1) is 6.92 Å². The maximum Gasteiger partial charge on any atom is 0.271 e. The van der Waals surface area contributed by atoms with Crippen LogP contribution in [0.15, 0.2) is 47.3 Å². The maximum absolute atomic E-state index is 13.3. The Morgan fingerprint density at radius 1 is 1.03 bits per heavy atom. The number of amides is 1. The van der Waals surface area contributed by atoms with Gasteiger partial charge in [0, 0.05) is 17.2 Å². The first-order valence-corrected chi connectivity index (χ1v) is 11.2. The third-order valence-electron chi connectivity index (χ3n) is 6.17. The number of nitrogens with zero attached hydrogens (tertiary/aromatic N) is 2. The Hall–Kier alpha value is -3.61. The smallest absolute Gasteiger partial charge is 0.271 e. The van der Waals surface area contributed by atoms with Crippen molar-refractivity contribution in [2.24, 2.45) is 0 Å². The van der Waals surface area contributed by atoms with Crippen LogP contribution in [0.1, 0.15) is 42.5 Å². The topological polar surface area (TPSA) is 82.5 Å². The number of hydrogen-bond acceptors (Lipinski definition) is 5. The molecular weight excluding hydrogens is 418 g/mol. The number of methoxy groups -OCH3 is 2. The molecule has 1 N–H and O–H groups in total. The molecule has 0 radical (unpaired) electrons. The number of aryl methyl sites for hydroxylation is 1. The molecular formula is C26H29N3O4. The van der Waals surface area contributed by atoms with Crippen molar-refractivity contribution in [3.05, 3.63) is 69.5 Å². The Bertz CT molecular complexity index is 1230. The summed E-state index contributed by atoms with van der Waals surface area (Å²) in [6.07, 6.45) is 3.52. The summed E-state index contributed by atoms with van der Waals surface area (Å²) in [5, 5.41) is 7.58. The van der Waals surface area contributed by atoms with E-state index in [4.69, 9.17) is 14.6 Å². The van der Waals surface area contributed by atoms with Gasteiger partial charge >= 0.3 is 0 Å². The van der Waals surface area contributed by atoms with Gasteiger partial charge in [0.15, 0.2) is 0 Å². The lowest BCUT2D eigenvalue weighted by Gasteiger charge is -2.23. The van der Waals surface area contributed by atoms with E-state index >= 15 is 0 Å². The Labute approximate surface area is 193 Å². The fraction of sp³-hybridized carbons (Fsp3) is 0.346. The fourth-order valence-electron chi connectivity index (χ4n) is 4.21. The van der Waals surface area contributed by atoms with E-state index < -0.39 is 6.04 Å². The van der Waals surface area contributed by atoms with E-state index in [1.54, 1.807) is 32.2 Å². The zero-order chi connectivity index (χ0) is 23.5. The van der Waals surface area contributed by atoms with Crippen molar-refractivity contribution >= 4 is 11.6 Å². The van der Waals surface area contributed by atoms with Crippen LogP contribution in [-0.4, -0.2) is 29.9 Å². The SMILES string of the molecule is COc1ccc(NC(=O)[C@@H](C)n2nc(-c3ccc(C)cc3)c3c(c2=O)CCCC3)c(OC)c1. The summed E-state index contributed by atoms with van der Waals surface area (Å²) in [4.78, 5) is 26.5. The van der Waals surface area contributed by atoms with Gasteiger partial charge in [-0.25, -0.2) is 4.68 Å². The molecule has 172 valence electrons. The van der Waals surface area contributed by atoms with Gasteiger partial charge in [0.25, 0.3) is 5.56 Å². The molecule has 0 bridgehead atoms. The lowest BCUT2D eigenvalue weighted by Crippen LogP contribution is -2.37. The summed E-state index contributed by atoms with van der Waals surface area (Å²) in [6.45, 7) is 3.72. The lowest BCUT2D eigenvalue weighted by atomic mass is 9.89. The number of benzene rings is 2. The van der Waals surface area contributed by atoms with Crippen molar-refractivity contribution in [2.75, 3.05) is 19.5 Å². The molecule has 1 aliphatic rings. The van der Waals surface area contributed by atoms with Gasteiger partial charge in [0.1, 0.15) is 17.5 Å². The molecule has 1 aliphatic carbocycles. The first-order chi connectivity index (χ1) is 15.9. The van der Waals surface area contributed by atoms with Crippen LogP contribution in [0.4, 0.5) is 5.69 Å². The van der Waals surface area contributed by atoms with Crippen molar-refractivity contribution in [1.29, 1.82) is 0 Å². The van der Waals surface area contributed by atoms with Gasteiger partial charge in [-0.3, -0.25) is 9.59 Å². The largest absolute Gasteiger partial charge is 0.497 e. The Morgan fingerprint density at radius 3 is 2.39 bits per heavy atom. The summed E-state index contributed by atoms with van der Waals surface area (Å²) in [7, 11) is 3.09. The highest BCUT2D eigenvalue weighted by molar-refractivity contribution is 5.95. The molecule has 1 heterocycles. The lowest BCUT2D eigenvalue weighted by molar-refractivity contribution is -0.119. The molecule has 3 aromatic rings. The van der Waals surface area contributed by atoms with Crippen molar-refractivity contribution in [3.8, 4) is 22.8 Å². The van der Waals surface area contributed by atoms with Gasteiger partial charge in [-0.15, -0.1) is 0 Å². The second-order valence-electron chi connectivity index (χ2n) is 8.36. The molecule has 0 aliphatic heterocycles. The van der Waals surface area contributed by atoms with Crippen molar-refractivity contribution < 1.29 is 14.3 Å². The molecule has 7 heteroatoms. The van der Waals surface area contributed by atoms with Crippen molar-refractivity contribution in [1.82, 2.24) is 9.78 Å². The summed E-state index contributed by atoms with van der Waals surface area (Å²) >= 11 is 0. The number of hydrogen-bond donors (Lipinski definition) is 1. The van der Waals surface area contributed by atoms with Crippen LogP contribution < -0.4 is 20.3 Å². The van der Waals surface area contributed by atoms with E-state index in [0.29, 0.717) is 23.6 Å². The van der Waals surface area contributed by atoms with Crippen LogP contribution in [0.5, 0.6) is 11.5 Å². The number of aromatic nitrogens is 2. The van der Waals surface area contributed by atoms with Crippen LogP contribution in [-0.2, 0) is 17.6 Å². The standard InChI is InChI=1S/C26H29N3O4/c1-16-9-11-18(12-10-16)24-20-7-5-6-8-21(20)26(31)29(28-24)17(2)25(30)27-22-14-13-19(32-3)15-23(22)33-4/h9-15,17H,5-8H2,1-4H3,(H,27,30)/t17-/m1/s1. The molecule has 0 fully saturated rings. The van der Waals surface area contributed by atoms with E-state index in [2.05, 4.69) is 5.32 Å². The zero-order valence-corrected chi connectivity index (χ0v) is 19.5. The number of carbonyl (C=O) groups excluding carboxylic acids is 1. The van der Waals surface area contributed by atoms with Gasteiger partial charge in [0.05, 0.1) is 25.6 Å². The summed E-state index contributed by atoms with van der Waals surface area (Å²) in [5.41, 5.74) is 4.99. The second-order valence-corrected chi connectivity index (χ2v) is 8.36. The molecule has 7 nitrogen and oxygen atoms in total. The van der Waals surface area contributed by atoms with E-state index in [1.807, 2.05) is 31.2 Å². The molecule has 4 rings (SSSR count). The second kappa shape index (κ2) is 9.48. The van der Waals surface area contributed by atoms with Gasteiger partial charge < -0.3 is 14.8 Å². The first-order valence-electron chi connectivity index (χ1n) is 11.2. The molecule has 0 unspecified atom stereocenters. The number of fused-ring (bicyclic) bond motifs is 1. The molecule has 1 aromatic heterocycles. The minimum atomic E-state index is -0.805. The molecule has 0 saturated heterocycles. The summed E-state index contributed by atoms with van der Waals surface area (Å²) < 4.78 is 11.9. The summed E-state index contributed by atoms with van der Waals surface area (Å²) in [5.74, 6) is 0.743. The Balaban J connectivity index is 1.72. The Kier molecular flexibility index (Phi) is 6.49. The highest BCUT2D eigenvalue weighted by Gasteiger charge is 2.26. The van der Waals surface area contributed by atoms with E-state index in [0.717, 1.165) is 47.2 Å². The average Bonchev–Trinajstić information content (AvgIpc) is 2.85. The number of carbonyl (C=O) groups is 1. The number of ether oxygens (including phenoxy) is 2. The van der Waals surface area contributed by atoms with Crippen LogP contribution >= 0.6 is 0 Å². The van der Waals surface area contributed by atoms with Crippen LogP contribution in [0.3, 0.4) is 0 Å². The third-order valence-corrected chi connectivity index (χ3v) is 6.17. The maximum atomic E-state index is 13.3. The van der Waals surface area contributed by atoms with E-state index in [9.17, 15) is 9.59 Å². The van der Waals surface area contributed by atoms with Gasteiger partial charge in [0.2, 0.25) is 5.91 Å². The highest BCUT2D eigenvalue weighted by atomic mass is 16.5. The third kappa shape index (κ3) is 4.49. The molecule has 1 amide bonds. The van der Waals surface area contributed by atoms with Gasteiger partial charge in [-0.05, 0) is 57.2 Å². The fourth-order valence-corrected chi connectivity index (χ4v) is 4.21. The molecule has 2 aromatic carbocycles. The molecule has 33 heavy (non-hydrogen) atoms. The van der Waals surface area contributed by atoms with Crippen molar-refractivity contribution in [2.45, 2.75) is 45.6 Å². The minimum absolute atomic E-state index is 0.190. The number of rotatable bonds is 6. The van der Waals surface area contributed by atoms with Gasteiger partial charge in [-0.1, -0.05) is 29.8 Å². The minimum Gasteiger partial charge on any atom is -0.497 e. The predicted octanol–water partition coefficient (Wildman–Crippen LogP) is 4.31. The van der Waals surface area contributed by atoms with Crippen LogP contribution in [0.2, 0.25) is 0 Å². The van der Waals surface area contributed by atoms with Crippen LogP contribution in [0.25, 0.3) is 11.3 Å².